The SMILES string of the molecule is CC(C)(c1cccc(F)c1)c1nc(C2(N)CCCC2)no1.Cl. The molecule has 1 saturated carbocycles. The van der Waals surface area contributed by atoms with Crippen molar-refractivity contribution in [3.63, 3.8) is 0 Å². The Bertz CT molecular complexity index is 650. The van der Waals surface area contributed by atoms with Gasteiger partial charge in [0.2, 0.25) is 5.89 Å². The lowest BCUT2D eigenvalue weighted by atomic mass is 9.84. The molecule has 1 aliphatic carbocycles. The summed E-state index contributed by atoms with van der Waals surface area (Å²) in [5, 5.41) is 4.08. The highest BCUT2D eigenvalue weighted by Crippen LogP contribution is 2.37. The summed E-state index contributed by atoms with van der Waals surface area (Å²) >= 11 is 0. The average Bonchev–Trinajstić information content (AvgIpc) is 3.08. The molecule has 0 spiro atoms. The van der Waals surface area contributed by atoms with Crippen LogP contribution in [-0.4, -0.2) is 10.1 Å². The Labute approximate surface area is 135 Å². The number of hydrogen-bond donors (Lipinski definition) is 1. The molecule has 0 amide bonds. The number of nitrogens with two attached hydrogens (primary N) is 1. The first-order chi connectivity index (χ1) is 9.92. The van der Waals surface area contributed by atoms with E-state index >= 15 is 0 Å². The molecule has 1 fully saturated rings. The van der Waals surface area contributed by atoms with Gasteiger partial charge in [0, 0.05) is 0 Å². The molecule has 2 aromatic rings. The summed E-state index contributed by atoms with van der Waals surface area (Å²) in [7, 11) is 0. The summed E-state index contributed by atoms with van der Waals surface area (Å²) < 4.78 is 18.9. The summed E-state index contributed by atoms with van der Waals surface area (Å²) in [6.07, 6.45) is 3.94. The lowest BCUT2D eigenvalue weighted by molar-refractivity contribution is 0.318. The predicted octanol–water partition coefficient (Wildman–Crippen LogP) is 3.68. The van der Waals surface area contributed by atoms with Crippen LogP contribution in [0.15, 0.2) is 28.8 Å². The average molecular weight is 326 g/mol. The van der Waals surface area contributed by atoms with Gasteiger partial charge in [-0.15, -0.1) is 12.4 Å². The molecular formula is C16H21ClFN3O. The molecule has 2 N–H and O–H groups in total. The van der Waals surface area contributed by atoms with Crippen LogP contribution in [0.1, 0.15) is 56.8 Å². The van der Waals surface area contributed by atoms with Gasteiger partial charge in [-0.2, -0.15) is 4.98 Å². The van der Waals surface area contributed by atoms with Crippen molar-refractivity contribution < 1.29 is 8.91 Å². The minimum atomic E-state index is -0.553. The molecule has 1 aromatic heterocycles. The van der Waals surface area contributed by atoms with Crippen molar-refractivity contribution in [1.29, 1.82) is 0 Å². The molecule has 0 aliphatic heterocycles. The Morgan fingerprint density at radius 3 is 2.59 bits per heavy atom. The first kappa shape index (κ1) is 16.9. The van der Waals surface area contributed by atoms with E-state index in [2.05, 4.69) is 10.1 Å². The quantitative estimate of drug-likeness (QED) is 0.934. The van der Waals surface area contributed by atoms with Gasteiger partial charge in [0.25, 0.3) is 0 Å². The maximum Gasteiger partial charge on any atom is 0.236 e. The van der Waals surface area contributed by atoms with Crippen LogP contribution in [0.2, 0.25) is 0 Å². The highest BCUT2D eigenvalue weighted by molar-refractivity contribution is 5.85. The second-order valence-electron chi connectivity index (χ2n) is 6.42. The van der Waals surface area contributed by atoms with E-state index in [0.717, 1.165) is 31.2 Å². The van der Waals surface area contributed by atoms with Crippen LogP contribution in [-0.2, 0) is 11.0 Å². The number of halogens is 2. The minimum Gasteiger partial charge on any atom is -0.338 e. The molecule has 0 unspecified atom stereocenters. The molecule has 1 aromatic carbocycles. The van der Waals surface area contributed by atoms with Crippen LogP contribution < -0.4 is 5.73 Å². The molecule has 1 aliphatic rings. The minimum absolute atomic E-state index is 0. The van der Waals surface area contributed by atoms with Gasteiger partial charge in [0.15, 0.2) is 5.82 Å². The maximum absolute atomic E-state index is 13.4. The van der Waals surface area contributed by atoms with Crippen molar-refractivity contribution >= 4 is 12.4 Å². The van der Waals surface area contributed by atoms with Crippen LogP contribution >= 0.6 is 12.4 Å². The molecular weight excluding hydrogens is 305 g/mol. The van der Waals surface area contributed by atoms with Crippen LogP contribution in [0.25, 0.3) is 0 Å². The molecule has 0 atom stereocenters. The van der Waals surface area contributed by atoms with Crippen LogP contribution in [0.4, 0.5) is 4.39 Å². The Morgan fingerprint density at radius 2 is 1.95 bits per heavy atom. The Kier molecular flexibility index (Phi) is 4.59. The summed E-state index contributed by atoms with van der Waals surface area (Å²) in [5.41, 5.74) is 6.13. The summed E-state index contributed by atoms with van der Waals surface area (Å²) in [5.74, 6) is 0.769. The van der Waals surface area contributed by atoms with Gasteiger partial charge in [-0.25, -0.2) is 4.39 Å². The molecule has 4 nitrogen and oxygen atoms in total. The molecule has 0 radical (unpaired) electrons. The van der Waals surface area contributed by atoms with E-state index in [1.807, 2.05) is 19.9 Å². The topological polar surface area (TPSA) is 64.9 Å². The molecule has 0 bridgehead atoms. The first-order valence-corrected chi connectivity index (χ1v) is 7.31. The van der Waals surface area contributed by atoms with Gasteiger partial charge in [-0.1, -0.05) is 30.1 Å². The van der Waals surface area contributed by atoms with Gasteiger partial charge in [-0.3, -0.25) is 0 Å². The lowest BCUT2D eigenvalue weighted by Gasteiger charge is -2.21. The van der Waals surface area contributed by atoms with Crippen molar-refractivity contribution in [2.24, 2.45) is 5.73 Å². The standard InChI is InChI=1S/C16H20FN3O.ClH/c1-15(2,11-6-5-7-12(17)10-11)14-19-13(20-21-14)16(18)8-3-4-9-16;/h5-7,10H,3-4,8-9,18H2,1-2H3;1H. The van der Waals surface area contributed by atoms with Crippen LogP contribution in [0.5, 0.6) is 0 Å². The molecule has 6 heteroatoms. The van der Waals surface area contributed by atoms with E-state index in [-0.39, 0.29) is 18.2 Å². The Balaban J connectivity index is 0.00000176. The monoisotopic (exact) mass is 325 g/mol. The fourth-order valence-corrected chi connectivity index (χ4v) is 2.91. The smallest absolute Gasteiger partial charge is 0.236 e. The highest BCUT2D eigenvalue weighted by atomic mass is 35.5. The van der Waals surface area contributed by atoms with Gasteiger partial charge in [-0.05, 0) is 44.4 Å². The van der Waals surface area contributed by atoms with E-state index < -0.39 is 11.0 Å². The highest BCUT2D eigenvalue weighted by Gasteiger charge is 2.38. The summed E-state index contributed by atoms with van der Waals surface area (Å²) in [4.78, 5) is 4.52. The van der Waals surface area contributed by atoms with Crippen molar-refractivity contribution in [3.8, 4) is 0 Å². The zero-order valence-corrected chi connectivity index (χ0v) is 13.6. The van der Waals surface area contributed by atoms with E-state index in [0.29, 0.717) is 11.7 Å². The lowest BCUT2D eigenvalue weighted by Crippen LogP contribution is -2.34. The molecule has 1 heterocycles. The van der Waals surface area contributed by atoms with E-state index in [1.165, 1.54) is 12.1 Å². The Hall–Kier alpha value is -1.46. The molecule has 120 valence electrons. The zero-order chi connectivity index (χ0) is 15.1. The van der Waals surface area contributed by atoms with Gasteiger partial charge in [0.05, 0.1) is 11.0 Å². The third-order valence-electron chi connectivity index (χ3n) is 4.45. The fourth-order valence-electron chi connectivity index (χ4n) is 2.91. The van der Waals surface area contributed by atoms with Crippen molar-refractivity contribution in [1.82, 2.24) is 10.1 Å². The van der Waals surface area contributed by atoms with Gasteiger partial charge in [0.1, 0.15) is 5.82 Å². The van der Waals surface area contributed by atoms with Crippen molar-refractivity contribution in [2.45, 2.75) is 50.5 Å². The summed E-state index contributed by atoms with van der Waals surface area (Å²) in [6.45, 7) is 3.88. The van der Waals surface area contributed by atoms with E-state index in [9.17, 15) is 4.39 Å². The normalized spacial score (nSPS) is 17.3. The fraction of sp³-hybridized carbons (Fsp3) is 0.500. The van der Waals surface area contributed by atoms with E-state index in [1.54, 1.807) is 6.07 Å². The van der Waals surface area contributed by atoms with Crippen molar-refractivity contribution in [3.05, 3.63) is 47.4 Å². The molecule has 0 saturated heterocycles. The molecule has 3 rings (SSSR count). The third kappa shape index (κ3) is 2.88. The largest absolute Gasteiger partial charge is 0.338 e. The zero-order valence-electron chi connectivity index (χ0n) is 12.8. The van der Waals surface area contributed by atoms with Gasteiger partial charge >= 0.3 is 0 Å². The van der Waals surface area contributed by atoms with Crippen LogP contribution in [0.3, 0.4) is 0 Å². The second kappa shape index (κ2) is 5.97. The maximum atomic E-state index is 13.4. The second-order valence-corrected chi connectivity index (χ2v) is 6.42. The number of nitrogens with zero attached hydrogens (tertiary/aromatic N) is 2. The molecule has 22 heavy (non-hydrogen) atoms. The number of aromatic nitrogens is 2. The van der Waals surface area contributed by atoms with Gasteiger partial charge < -0.3 is 10.3 Å². The number of rotatable bonds is 3. The third-order valence-corrected chi connectivity index (χ3v) is 4.45. The summed E-state index contributed by atoms with van der Waals surface area (Å²) in [6, 6.07) is 6.47. The predicted molar refractivity (Wildman–Crippen MR) is 84.4 cm³/mol. The Morgan fingerprint density at radius 1 is 1.27 bits per heavy atom. The van der Waals surface area contributed by atoms with E-state index in [4.69, 9.17) is 10.3 Å². The first-order valence-electron chi connectivity index (χ1n) is 7.31. The van der Waals surface area contributed by atoms with Crippen LogP contribution in [0, 0.1) is 5.82 Å². The number of hydrogen-bond acceptors (Lipinski definition) is 4. The number of benzene rings is 1. The van der Waals surface area contributed by atoms with Crippen molar-refractivity contribution in [2.75, 3.05) is 0 Å².